The number of nitrogens with one attached hydrogen (secondary N) is 1. The van der Waals surface area contributed by atoms with Crippen LogP contribution in [-0.4, -0.2) is 111 Å². The minimum atomic E-state index is -0.0855. The number of nitrogens with zero attached hydrogens (tertiary/aromatic N) is 7. The summed E-state index contributed by atoms with van der Waals surface area (Å²) in [5, 5.41) is 14.7. The van der Waals surface area contributed by atoms with E-state index in [-0.39, 0.29) is 11.1 Å². The van der Waals surface area contributed by atoms with Crippen molar-refractivity contribution in [2.45, 2.75) is 58.7 Å². The van der Waals surface area contributed by atoms with Crippen LogP contribution in [0, 0.1) is 0 Å². The average molecular weight is 379 g/mol. The van der Waals surface area contributed by atoms with Crippen molar-refractivity contribution in [3.05, 3.63) is 5.82 Å². The Hall–Kier alpha value is -1.09. The van der Waals surface area contributed by atoms with Gasteiger partial charge in [0, 0.05) is 70.4 Å². The predicted molar refractivity (Wildman–Crippen MR) is 108 cm³/mol. The van der Waals surface area contributed by atoms with Crippen LogP contribution in [-0.2, 0) is 5.41 Å². The molecule has 0 bridgehead atoms. The molecular formula is C19H38N8. The highest BCUT2D eigenvalue weighted by Crippen LogP contribution is 2.26. The molecule has 0 amide bonds. The molecule has 8 heteroatoms. The molecule has 0 spiro atoms. The highest BCUT2D eigenvalue weighted by molar-refractivity contribution is 5.02. The first-order valence-corrected chi connectivity index (χ1v) is 10.4. The van der Waals surface area contributed by atoms with E-state index in [1.807, 2.05) is 0 Å². The lowest BCUT2D eigenvalue weighted by atomic mass is 9.91. The molecule has 0 aliphatic carbocycles. The Morgan fingerprint density at radius 3 is 1.93 bits per heavy atom. The molecule has 27 heavy (non-hydrogen) atoms. The van der Waals surface area contributed by atoms with Gasteiger partial charge in [0.2, 0.25) is 0 Å². The summed E-state index contributed by atoms with van der Waals surface area (Å²) in [6, 6.07) is 0.654. The summed E-state index contributed by atoms with van der Waals surface area (Å²) in [6.07, 6.45) is 0. The van der Waals surface area contributed by atoms with Gasteiger partial charge >= 0.3 is 0 Å². The van der Waals surface area contributed by atoms with E-state index in [0.717, 1.165) is 51.6 Å². The van der Waals surface area contributed by atoms with Crippen LogP contribution in [0.25, 0.3) is 0 Å². The normalized spacial score (nSPS) is 22.6. The van der Waals surface area contributed by atoms with Gasteiger partial charge in [-0.3, -0.25) is 19.6 Å². The zero-order valence-corrected chi connectivity index (χ0v) is 18.1. The molecule has 3 rings (SSSR count). The molecule has 0 atom stereocenters. The lowest BCUT2D eigenvalue weighted by molar-refractivity contribution is -0.0772. The number of rotatable bonds is 6. The van der Waals surface area contributed by atoms with Gasteiger partial charge in [0.05, 0.1) is 5.66 Å². The molecule has 2 aliphatic heterocycles. The van der Waals surface area contributed by atoms with Crippen LogP contribution in [0.15, 0.2) is 0 Å². The Morgan fingerprint density at radius 1 is 0.889 bits per heavy atom. The molecule has 0 saturated carbocycles. The molecule has 8 nitrogen and oxygen atoms in total. The lowest BCUT2D eigenvalue weighted by Crippen LogP contribution is -2.65. The van der Waals surface area contributed by atoms with E-state index >= 15 is 0 Å². The van der Waals surface area contributed by atoms with E-state index in [0.29, 0.717) is 6.04 Å². The summed E-state index contributed by atoms with van der Waals surface area (Å²) < 4.78 is 0. The zero-order valence-electron chi connectivity index (χ0n) is 18.1. The highest BCUT2D eigenvalue weighted by atomic mass is 15.5. The molecule has 1 aromatic rings. The third kappa shape index (κ3) is 4.67. The third-order valence-corrected chi connectivity index (χ3v) is 6.53. The van der Waals surface area contributed by atoms with E-state index in [1.54, 1.807) is 0 Å². The standard InChI is InChI=1S/C19H38N8/c1-16(2)25-9-13-27(14-10-25)19(5,6)26-11-7-24(8-12-26)15-18(3,4)17-20-22-23-21-17/h16H,7-15H2,1-6H3,(H,20,21,22,23). The van der Waals surface area contributed by atoms with E-state index in [4.69, 9.17) is 0 Å². The van der Waals surface area contributed by atoms with Gasteiger partial charge < -0.3 is 0 Å². The fraction of sp³-hybridized carbons (Fsp3) is 0.947. The highest BCUT2D eigenvalue weighted by Gasteiger charge is 2.38. The first kappa shape index (κ1) is 20.6. The van der Waals surface area contributed by atoms with Crippen LogP contribution in [0.5, 0.6) is 0 Å². The number of aromatic amines is 1. The van der Waals surface area contributed by atoms with Crippen molar-refractivity contribution >= 4 is 0 Å². The van der Waals surface area contributed by atoms with Gasteiger partial charge in [-0.1, -0.05) is 19.1 Å². The van der Waals surface area contributed by atoms with Crippen molar-refractivity contribution in [3.8, 4) is 0 Å². The Kier molecular flexibility index (Phi) is 6.20. The largest absolute Gasteiger partial charge is 0.300 e. The smallest absolute Gasteiger partial charge is 0.181 e. The fourth-order valence-electron chi connectivity index (χ4n) is 4.52. The zero-order chi connectivity index (χ0) is 19.7. The van der Waals surface area contributed by atoms with E-state index in [2.05, 4.69) is 81.8 Å². The number of hydrogen-bond acceptors (Lipinski definition) is 7. The van der Waals surface area contributed by atoms with Gasteiger partial charge in [-0.25, -0.2) is 0 Å². The molecule has 1 aromatic heterocycles. The van der Waals surface area contributed by atoms with Gasteiger partial charge in [-0.05, 0) is 27.7 Å². The average Bonchev–Trinajstić information content (AvgIpc) is 3.18. The number of piperazine rings is 2. The third-order valence-electron chi connectivity index (χ3n) is 6.53. The first-order chi connectivity index (χ1) is 12.7. The van der Waals surface area contributed by atoms with Gasteiger partial charge in [-0.15, -0.1) is 10.2 Å². The minimum Gasteiger partial charge on any atom is -0.300 e. The van der Waals surface area contributed by atoms with Crippen molar-refractivity contribution in [2.75, 3.05) is 58.9 Å². The maximum Gasteiger partial charge on any atom is 0.181 e. The van der Waals surface area contributed by atoms with Crippen molar-refractivity contribution in [1.82, 2.24) is 40.2 Å². The quantitative estimate of drug-likeness (QED) is 0.787. The molecule has 2 aliphatic rings. The molecule has 0 aromatic carbocycles. The number of H-pyrrole nitrogens is 1. The fourth-order valence-corrected chi connectivity index (χ4v) is 4.52. The minimum absolute atomic E-state index is 0.0855. The van der Waals surface area contributed by atoms with Crippen molar-refractivity contribution in [1.29, 1.82) is 0 Å². The molecule has 154 valence electrons. The van der Waals surface area contributed by atoms with E-state index in [9.17, 15) is 0 Å². The van der Waals surface area contributed by atoms with Crippen LogP contribution >= 0.6 is 0 Å². The van der Waals surface area contributed by atoms with Crippen LogP contribution < -0.4 is 0 Å². The molecule has 2 fully saturated rings. The Morgan fingerprint density at radius 2 is 1.44 bits per heavy atom. The van der Waals surface area contributed by atoms with E-state index < -0.39 is 0 Å². The summed E-state index contributed by atoms with van der Waals surface area (Å²) >= 11 is 0. The lowest BCUT2D eigenvalue weighted by Gasteiger charge is -2.52. The van der Waals surface area contributed by atoms with Gasteiger partial charge in [0.25, 0.3) is 0 Å². The SMILES string of the molecule is CC(C)N1CCN(C(C)(C)N2CCN(CC(C)(C)c3nn[nH]n3)CC2)CC1. The second kappa shape index (κ2) is 8.11. The topological polar surface area (TPSA) is 67.4 Å². The summed E-state index contributed by atoms with van der Waals surface area (Å²) in [5.74, 6) is 0.799. The van der Waals surface area contributed by atoms with Gasteiger partial charge in [0.1, 0.15) is 0 Å². The number of hydrogen-bond donors (Lipinski definition) is 1. The van der Waals surface area contributed by atoms with E-state index in [1.165, 1.54) is 13.1 Å². The maximum atomic E-state index is 4.19. The molecule has 2 saturated heterocycles. The summed E-state index contributed by atoms with van der Waals surface area (Å²) in [4.78, 5) is 10.5. The van der Waals surface area contributed by atoms with Crippen molar-refractivity contribution < 1.29 is 0 Å². The first-order valence-electron chi connectivity index (χ1n) is 10.4. The van der Waals surface area contributed by atoms with Crippen LogP contribution in [0.4, 0.5) is 0 Å². The molecule has 3 heterocycles. The van der Waals surface area contributed by atoms with Gasteiger partial charge in [0.15, 0.2) is 5.82 Å². The van der Waals surface area contributed by atoms with Crippen molar-refractivity contribution in [3.63, 3.8) is 0 Å². The molecule has 0 radical (unpaired) electrons. The monoisotopic (exact) mass is 378 g/mol. The van der Waals surface area contributed by atoms with Crippen LogP contribution in [0.3, 0.4) is 0 Å². The maximum absolute atomic E-state index is 4.19. The van der Waals surface area contributed by atoms with Crippen LogP contribution in [0.2, 0.25) is 0 Å². The summed E-state index contributed by atoms with van der Waals surface area (Å²) in [7, 11) is 0. The second-order valence-corrected chi connectivity index (χ2v) is 9.49. The van der Waals surface area contributed by atoms with Crippen molar-refractivity contribution in [2.24, 2.45) is 0 Å². The summed E-state index contributed by atoms with van der Waals surface area (Å²) in [6.45, 7) is 23.9. The Bertz CT molecular complexity index is 567. The number of tetrazole rings is 1. The Labute approximate surface area is 164 Å². The Balaban J connectivity index is 1.51. The molecule has 1 N–H and O–H groups in total. The number of aromatic nitrogens is 4. The predicted octanol–water partition coefficient (Wildman–Crippen LogP) is 0.857. The molecular weight excluding hydrogens is 340 g/mol. The van der Waals surface area contributed by atoms with Gasteiger partial charge in [-0.2, -0.15) is 5.21 Å². The summed E-state index contributed by atoms with van der Waals surface area (Å²) in [5.41, 5.74) is 0.0379. The van der Waals surface area contributed by atoms with Crippen LogP contribution in [0.1, 0.15) is 47.4 Å². The second-order valence-electron chi connectivity index (χ2n) is 9.49. The molecule has 0 unspecified atom stereocenters.